The molecule has 0 amide bonds. The van der Waals surface area contributed by atoms with Crippen molar-refractivity contribution in [2.75, 3.05) is 0 Å². The van der Waals surface area contributed by atoms with Crippen molar-refractivity contribution >= 4 is 11.5 Å². The molecule has 0 unspecified atom stereocenters. The predicted molar refractivity (Wildman–Crippen MR) is 69.2 cm³/mol. The van der Waals surface area contributed by atoms with Gasteiger partial charge in [0.25, 0.3) is 0 Å². The fourth-order valence-corrected chi connectivity index (χ4v) is 2.07. The van der Waals surface area contributed by atoms with Gasteiger partial charge >= 0.3 is 5.97 Å². The Hall–Kier alpha value is -2.89. The van der Waals surface area contributed by atoms with E-state index in [4.69, 9.17) is 5.11 Å². The van der Waals surface area contributed by atoms with Crippen LogP contribution in [0.5, 0.6) is 5.88 Å². The smallest absolute Gasteiger partial charge is 0.356 e. The van der Waals surface area contributed by atoms with E-state index in [-0.39, 0.29) is 22.9 Å². The molecule has 6 heteroatoms. The van der Waals surface area contributed by atoms with Crippen molar-refractivity contribution in [1.82, 2.24) is 9.38 Å². The van der Waals surface area contributed by atoms with Crippen LogP contribution in [0.4, 0.5) is 4.39 Å². The van der Waals surface area contributed by atoms with Gasteiger partial charge in [-0.2, -0.15) is 0 Å². The average Bonchev–Trinajstić information content (AvgIpc) is 2.81. The molecule has 5 nitrogen and oxygen atoms in total. The van der Waals surface area contributed by atoms with Crippen LogP contribution in [-0.2, 0) is 0 Å². The van der Waals surface area contributed by atoms with Gasteiger partial charge in [0.05, 0.1) is 5.52 Å². The molecule has 0 bridgehead atoms. The first-order valence-electron chi connectivity index (χ1n) is 5.77. The number of imidazole rings is 1. The van der Waals surface area contributed by atoms with Crippen molar-refractivity contribution in [3.63, 3.8) is 0 Å². The molecule has 0 saturated heterocycles. The van der Waals surface area contributed by atoms with Crippen molar-refractivity contribution in [2.45, 2.75) is 0 Å². The van der Waals surface area contributed by atoms with Crippen LogP contribution in [0.2, 0.25) is 0 Å². The second-order valence-corrected chi connectivity index (χ2v) is 4.20. The molecular weight excluding hydrogens is 263 g/mol. The summed E-state index contributed by atoms with van der Waals surface area (Å²) in [5.41, 5.74) is 0.618. The van der Waals surface area contributed by atoms with Crippen LogP contribution in [0, 0.1) is 5.82 Å². The number of hydrogen-bond acceptors (Lipinski definition) is 3. The lowest BCUT2D eigenvalue weighted by Gasteiger charge is -2.03. The summed E-state index contributed by atoms with van der Waals surface area (Å²) in [4.78, 5) is 15.2. The Morgan fingerprint density at radius 1 is 1.15 bits per heavy atom. The van der Waals surface area contributed by atoms with Gasteiger partial charge in [0.15, 0.2) is 11.6 Å². The number of rotatable bonds is 2. The van der Waals surface area contributed by atoms with Gasteiger partial charge in [0, 0.05) is 5.56 Å². The topological polar surface area (TPSA) is 74.8 Å². The van der Waals surface area contributed by atoms with E-state index in [1.165, 1.54) is 40.8 Å². The van der Waals surface area contributed by atoms with Crippen LogP contribution in [0.1, 0.15) is 10.5 Å². The zero-order valence-electron chi connectivity index (χ0n) is 10.1. The first-order chi connectivity index (χ1) is 9.58. The van der Waals surface area contributed by atoms with Crippen molar-refractivity contribution in [3.8, 4) is 17.3 Å². The van der Waals surface area contributed by atoms with E-state index in [9.17, 15) is 14.3 Å². The highest BCUT2D eigenvalue weighted by Gasteiger charge is 2.19. The summed E-state index contributed by atoms with van der Waals surface area (Å²) in [5, 5.41) is 19.1. The molecule has 0 saturated carbocycles. The standard InChI is InChI=1S/C14H9FN2O3/c15-9-6-4-8(5-7-9)13-16-12(14(19)20)10-2-1-3-11(18)17(10)13/h1-7,18H,(H,19,20). The largest absolute Gasteiger partial charge is 0.494 e. The molecule has 0 aliphatic heterocycles. The number of carbonyl (C=O) groups is 1. The number of carboxylic acids is 1. The molecule has 0 aliphatic rings. The first-order valence-corrected chi connectivity index (χ1v) is 5.77. The number of carboxylic acid groups (broad SMARTS) is 1. The van der Waals surface area contributed by atoms with E-state index in [2.05, 4.69) is 4.98 Å². The van der Waals surface area contributed by atoms with Gasteiger partial charge in [-0.1, -0.05) is 6.07 Å². The summed E-state index contributed by atoms with van der Waals surface area (Å²) >= 11 is 0. The molecule has 0 fully saturated rings. The third-order valence-electron chi connectivity index (χ3n) is 2.95. The van der Waals surface area contributed by atoms with Crippen LogP contribution >= 0.6 is 0 Å². The Bertz CT molecular complexity index is 809. The van der Waals surface area contributed by atoms with Gasteiger partial charge in [-0.05, 0) is 36.4 Å². The van der Waals surface area contributed by atoms with Crippen molar-refractivity contribution in [1.29, 1.82) is 0 Å². The summed E-state index contributed by atoms with van der Waals surface area (Å²) in [6.45, 7) is 0. The Morgan fingerprint density at radius 3 is 2.50 bits per heavy atom. The number of aromatic nitrogens is 2. The maximum Gasteiger partial charge on any atom is 0.356 e. The summed E-state index contributed by atoms with van der Waals surface area (Å²) in [5.74, 6) is -1.49. The zero-order valence-corrected chi connectivity index (χ0v) is 10.1. The van der Waals surface area contributed by atoms with Crippen LogP contribution in [-0.4, -0.2) is 25.6 Å². The quantitative estimate of drug-likeness (QED) is 0.751. The number of fused-ring (bicyclic) bond motifs is 1. The van der Waals surface area contributed by atoms with Crippen molar-refractivity contribution < 1.29 is 19.4 Å². The van der Waals surface area contributed by atoms with E-state index < -0.39 is 11.8 Å². The molecule has 1 aromatic carbocycles. The summed E-state index contributed by atoms with van der Waals surface area (Å²) in [6.07, 6.45) is 0. The highest BCUT2D eigenvalue weighted by molar-refractivity contribution is 5.95. The van der Waals surface area contributed by atoms with Gasteiger partial charge in [-0.15, -0.1) is 0 Å². The molecule has 3 aromatic rings. The van der Waals surface area contributed by atoms with Crippen molar-refractivity contribution in [3.05, 3.63) is 54.0 Å². The highest BCUT2D eigenvalue weighted by atomic mass is 19.1. The second kappa shape index (κ2) is 4.34. The minimum atomic E-state index is -1.19. The molecule has 3 rings (SSSR count). The van der Waals surface area contributed by atoms with Gasteiger partial charge in [0.1, 0.15) is 11.6 Å². The number of halogens is 1. The Balaban J connectivity index is 2.35. The molecule has 2 aromatic heterocycles. The third-order valence-corrected chi connectivity index (χ3v) is 2.95. The maximum absolute atomic E-state index is 13.0. The minimum Gasteiger partial charge on any atom is -0.494 e. The minimum absolute atomic E-state index is 0.137. The van der Waals surface area contributed by atoms with Crippen LogP contribution in [0.15, 0.2) is 42.5 Å². The van der Waals surface area contributed by atoms with Crippen LogP contribution in [0.3, 0.4) is 0 Å². The molecule has 2 N–H and O–H groups in total. The lowest BCUT2D eigenvalue weighted by Crippen LogP contribution is -1.97. The number of aromatic hydroxyl groups is 1. The predicted octanol–water partition coefficient (Wildman–Crippen LogP) is 2.54. The fraction of sp³-hybridized carbons (Fsp3) is 0. The van der Waals surface area contributed by atoms with E-state index in [0.29, 0.717) is 5.56 Å². The molecule has 0 aliphatic carbocycles. The Kier molecular flexibility index (Phi) is 2.64. The van der Waals surface area contributed by atoms with Crippen LogP contribution in [0.25, 0.3) is 16.9 Å². The third kappa shape index (κ3) is 1.78. The summed E-state index contributed by atoms with van der Waals surface area (Å²) in [6, 6.07) is 9.95. The molecule has 2 heterocycles. The molecule has 100 valence electrons. The van der Waals surface area contributed by atoms with Gasteiger partial charge < -0.3 is 10.2 Å². The van der Waals surface area contributed by atoms with E-state index in [1.807, 2.05) is 0 Å². The molecule has 0 spiro atoms. The van der Waals surface area contributed by atoms with Gasteiger partial charge in [-0.3, -0.25) is 4.40 Å². The van der Waals surface area contributed by atoms with E-state index in [1.54, 1.807) is 6.07 Å². The Labute approximate surface area is 112 Å². The SMILES string of the molecule is O=C(O)c1nc(-c2ccc(F)cc2)n2c(O)cccc12. The monoisotopic (exact) mass is 272 g/mol. The Morgan fingerprint density at radius 2 is 1.85 bits per heavy atom. The highest BCUT2D eigenvalue weighted by Crippen LogP contribution is 2.27. The number of pyridine rings is 1. The molecule has 0 radical (unpaired) electrons. The lowest BCUT2D eigenvalue weighted by molar-refractivity contribution is 0.0693. The maximum atomic E-state index is 13.0. The molecule has 20 heavy (non-hydrogen) atoms. The van der Waals surface area contributed by atoms with E-state index in [0.717, 1.165) is 0 Å². The number of aromatic carboxylic acids is 1. The fourth-order valence-electron chi connectivity index (χ4n) is 2.07. The lowest BCUT2D eigenvalue weighted by atomic mass is 10.2. The van der Waals surface area contributed by atoms with Gasteiger partial charge in [-0.25, -0.2) is 14.2 Å². The average molecular weight is 272 g/mol. The second-order valence-electron chi connectivity index (χ2n) is 4.20. The van der Waals surface area contributed by atoms with Gasteiger partial charge in [0.2, 0.25) is 0 Å². The molecule has 0 atom stereocenters. The number of nitrogens with zero attached hydrogens (tertiary/aromatic N) is 2. The zero-order chi connectivity index (χ0) is 14.3. The normalized spacial score (nSPS) is 10.8. The van der Waals surface area contributed by atoms with E-state index >= 15 is 0 Å². The van der Waals surface area contributed by atoms with Crippen LogP contribution < -0.4 is 0 Å². The summed E-state index contributed by atoms with van der Waals surface area (Å²) in [7, 11) is 0. The van der Waals surface area contributed by atoms with Crippen molar-refractivity contribution in [2.24, 2.45) is 0 Å². The first kappa shape index (κ1) is 12.2. The molecular formula is C14H9FN2O3. The number of benzene rings is 1. The summed E-state index contributed by atoms with van der Waals surface area (Å²) < 4.78 is 14.3. The number of hydrogen-bond donors (Lipinski definition) is 2.